The van der Waals surface area contributed by atoms with Crippen LogP contribution in [0.15, 0.2) is 15.8 Å². The van der Waals surface area contributed by atoms with Crippen molar-refractivity contribution in [1.82, 2.24) is 9.55 Å². The van der Waals surface area contributed by atoms with E-state index in [0.29, 0.717) is 0 Å². The van der Waals surface area contributed by atoms with E-state index >= 15 is 0 Å². The molecule has 0 aromatic carbocycles. The van der Waals surface area contributed by atoms with Crippen molar-refractivity contribution < 1.29 is 67.3 Å². The molecule has 0 saturated carbocycles. The fourth-order valence-corrected chi connectivity index (χ4v) is 5.62. The van der Waals surface area contributed by atoms with Gasteiger partial charge in [-0.1, -0.05) is 0 Å². The van der Waals surface area contributed by atoms with Crippen LogP contribution in [0.3, 0.4) is 0 Å². The third kappa shape index (κ3) is 6.75. The molecule has 1 aromatic rings. The fraction of sp³-hybridized carbons (Fsp3) is 0.750. The molecule has 0 aliphatic carbocycles. The summed E-state index contributed by atoms with van der Waals surface area (Å²) in [6.45, 7) is -0.305. The van der Waals surface area contributed by atoms with E-state index in [1.54, 1.807) is 0 Å². The number of nitrogens with one attached hydrogen (secondary N) is 1. The zero-order valence-electron chi connectivity index (χ0n) is 18.5. The molecular formula is C16H26N2O16P2. The highest BCUT2D eigenvalue weighted by atomic mass is 31.3. The predicted molar refractivity (Wildman–Crippen MR) is 112 cm³/mol. The first-order chi connectivity index (χ1) is 16.6. The molecule has 3 rings (SSSR count). The highest BCUT2D eigenvalue weighted by Gasteiger charge is 2.48. The SMILES string of the molecule is Cc1cn([C@H]2C[C@@H](O)[C@@H](COP(=O)(O)OP(=O)(O)O[C@@H]3OC(CO)[C@@H](O)[C@H](O)C3O)O2)c(=O)[nH]c1=O. The summed E-state index contributed by atoms with van der Waals surface area (Å²) in [7, 11) is -10.9. The molecule has 4 unspecified atom stereocenters. The Morgan fingerprint density at radius 3 is 2.36 bits per heavy atom. The van der Waals surface area contributed by atoms with Crippen LogP contribution in [-0.4, -0.2) is 101 Å². The number of aryl methyl sites for hydroxylation is 1. The smallest absolute Gasteiger partial charge is 0.394 e. The van der Waals surface area contributed by atoms with Gasteiger partial charge < -0.3 is 44.8 Å². The van der Waals surface area contributed by atoms with Gasteiger partial charge in [0.1, 0.15) is 36.7 Å². The average molecular weight is 564 g/mol. The first kappa shape index (κ1) is 29.2. The molecule has 8 N–H and O–H groups in total. The normalized spacial score (nSPS) is 36.3. The number of aliphatic hydroxyl groups excluding tert-OH is 5. The molecular weight excluding hydrogens is 538 g/mol. The molecule has 10 atom stereocenters. The number of aromatic nitrogens is 2. The zero-order valence-corrected chi connectivity index (χ0v) is 20.3. The third-order valence-electron chi connectivity index (χ3n) is 5.35. The van der Waals surface area contributed by atoms with E-state index < -0.39 is 89.2 Å². The molecule has 18 nitrogen and oxygen atoms in total. The largest absolute Gasteiger partial charge is 0.483 e. The maximum atomic E-state index is 12.2. The molecule has 2 saturated heterocycles. The Labute approximate surface area is 201 Å². The minimum absolute atomic E-state index is 0.172. The minimum atomic E-state index is -5.54. The van der Waals surface area contributed by atoms with Crippen LogP contribution in [0, 0.1) is 6.92 Å². The van der Waals surface area contributed by atoms with E-state index in [9.17, 15) is 48.9 Å². The standard InChI is InChI=1S/C16H26N2O16P2/c1-6-3-18(16(25)17-14(6)24)10-2-7(20)9(31-10)5-30-35(26,27)34-36(28,29)33-15-13(23)12(22)11(21)8(4-19)32-15/h3,7-13,15,19-23H,2,4-5H2,1H3,(H,26,27)(H,28,29)(H,17,24,25)/t7-,8?,9-,10-,11-,12+,13?,15+/m1/s1. The van der Waals surface area contributed by atoms with E-state index in [0.717, 1.165) is 4.57 Å². The van der Waals surface area contributed by atoms with Crippen molar-refractivity contribution in [3.8, 4) is 0 Å². The van der Waals surface area contributed by atoms with Crippen molar-refractivity contribution in [2.45, 2.75) is 62.5 Å². The lowest BCUT2D eigenvalue weighted by Gasteiger charge is -2.39. The molecule has 206 valence electrons. The van der Waals surface area contributed by atoms with Crippen LogP contribution in [-0.2, 0) is 32.0 Å². The van der Waals surface area contributed by atoms with Gasteiger partial charge >= 0.3 is 21.3 Å². The average Bonchev–Trinajstić information content (AvgIpc) is 3.14. The molecule has 2 fully saturated rings. The predicted octanol–water partition coefficient (Wildman–Crippen LogP) is -3.46. The van der Waals surface area contributed by atoms with Crippen LogP contribution >= 0.6 is 15.6 Å². The quantitative estimate of drug-likeness (QED) is 0.135. The zero-order chi connectivity index (χ0) is 27.0. The Balaban J connectivity index is 1.59. The summed E-state index contributed by atoms with van der Waals surface area (Å²) < 4.78 is 48.8. The second kappa shape index (κ2) is 11.2. The first-order valence-corrected chi connectivity index (χ1v) is 13.3. The Morgan fingerprint density at radius 1 is 1.06 bits per heavy atom. The number of aromatic amines is 1. The van der Waals surface area contributed by atoms with E-state index in [4.69, 9.17) is 14.6 Å². The summed E-state index contributed by atoms with van der Waals surface area (Å²) in [5.74, 6) is 0. The van der Waals surface area contributed by atoms with E-state index in [1.165, 1.54) is 13.1 Å². The van der Waals surface area contributed by atoms with Gasteiger partial charge in [0.2, 0.25) is 0 Å². The summed E-state index contributed by atoms with van der Waals surface area (Å²) in [6.07, 6.45) is -12.2. The molecule has 0 radical (unpaired) electrons. The molecule has 0 amide bonds. The van der Waals surface area contributed by atoms with Crippen LogP contribution in [0.2, 0.25) is 0 Å². The van der Waals surface area contributed by atoms with Crippen LogP contribution in [0.1, 0.15) is 18.2 Å². The van der Waals surface area contributed by atoms with Crippen molar-refractivity contribution in [2.75, 3.05) is 13.2 Å². The molecule has 20 heteroatoms. The molecule has 0 bridgehead atoms. The highest BCUT2D eigenvalue weighted by Crippen LogP contribution is 2.61. The number of hydrogen-bond acceptors (Lipinski definition) is 14. The molecule has 2 aliphatic rings. The first-order valence-electron chi connectivity index (χ1n) is 10.3. The number of ether oxygens (including phenoxy) is 2. The molecule has 1 aromatic heterocycles. The van der Waals surface area contributed by atoms with Gasteiger partial charge in [-0.25, -0.2) is 13.9 Å². The maximum Gasteiger partial charge on any atom is 0.483 e. The van der Waals surface area contributed by atoms with Crippen LogP contribution in [0.5, 0.6) is 0 Å². The lowest BCUT2D eigenvalue weighted by molar-refractivity contribution is -0.280. The van der Waals surface area contributed by atoms with E-state index in [2.05, 4.69) is 18.3 Å². The molecule has 36 heavy (non-hydrogen) atoms. The van der Waals surface area contributed by atoms with Gasteiger partial charge in [-0.05, 0) is 6.92 Å². The number of rotatable bonds is 9. The Morgan fingerprint density at radius 2 is 1.72 bits per heavy atom. The van der Waals surface area contributed by atoms with Crippen molar-refractivity contribution in [3.63, 3.8) is 0 Å². The van der Waals surface area contributed by atoms with Gasteiger partial charge in [0.15, 0.2) is 6.29 Å². The lowest BCUT2D eigenvalue weighted by atomic mass is 10.00. The van der Waals surface area contributed by atoms with Crippen molar-refractivity contribution in [3.05, 3.63) is 32.6 Å². The van der Waals surface area contributed by atoms with Gasteiger partial charge in [-0.3, -0.25) is 23.4 Å². The van der Waals surface area contributed by atoms with Crippen molar-refractivity contribution >= 4 is 15.6 Å². The van der Waals surface area contributed by atoms with Gasteiger partial charge in [0.05, 0.1) is 19.3 Å². The summed E-state index contributed by atoms with van der Waals surface area (Å²) in [6, 6.07) is 0. The summed E-state index contributed by atoms with van der Waals surface area (Å²) in [5.41, 5.74) is -1.27. The van der Waals surface area contributed by atoms with Crippen molar-refractivity contribution in [1.29, 1.82) is 0 Å². The number of phosphoric ester groups is 2. The van der Waals surface area contributed by atoms with Crippen LogP contribution < -0.4 is 11.2 Å². The van der Waals surface area contributed by atoms with Crippen LogP contribution in [0.4, 0.5) is 0 Å². The fourth-order valence-electron chi connectivity index (χ4n) is 3.46. The molecule has 0 spiro atoms. The molecule has 2 aliphatic heterocycles. The molecule has 3 heterocycles. The van der Waals surface area contributed by atoms with Crippen LogP contribution in [0.25, 0.3) is 0 Å². The maximum absolute atomic E-state index is 12.2. The van der Waals surface area contributed by atoms with E-state index in [-0.39, 0.29) is 12.0 Å². The number of H-pyrrole nitrogens is 1. The summed E-state index contributed by atoms with van der Waals surface area (Å²) >= 11 is 0. The van der Waals surface area contributed by atoms with Gasteiger partial charge in [0.25, 0.3) is 5.56 Å². The second-order valence-corrected chi connectivity index (χ2v) is 11.0. The number of aliphatic hydroxyl groups is 5. The third-order valence-corrected chi connectivity index (χ3v) is 7.95. The highest BCUT2D eigenvalue weighted by molar-refractivity contribution is 7.61. The summed E-state index contributed by atoms with van der Waals surface area (Å²) in [4.78, 5) is 45.2. The topological polar surface area (TPSA) is 277 Å². The number of nitrogens with zero attached hydrogens (tertiary/aromatic N) is 1. The Hall–Kier alpha value is -1.34. The monoisotopic (exact) mass is 564 g/mol. The van der Waals surface area contributed by atoms with Gasteiger partial charge in [-0.2, -0.15) is 4.31 Å². The number of phosphoric acid groups is 2. The van der Waals surface area contributed by atoms with E-state index in [1.807, 2.05) is 0 Å². The summed E-state index contributed by atoms with van der Waals surface area (Å²) in [5, 5.41) is 48.5. The van der Waals surface area contributed by atoms with Gasteiger partial charge in [0, 0.05) is 18.2 Å². The Bertz CT molecular complexity index is 1140. The lowest BCUT2D eigenvalue weighted by Crippen LogP contribution is -2.58. The van der Waals surface area contributed by atoms with Gasteiger partial charge in [-0.15, -0.1) is 0 Å². The minimum Gasteiger partial charge on any atom is -0.394 e. The second-order valence-electron chi connectivity index (χ2n) is 8.03. The van der Waals surface area contributed by atoms with Crippen molar-refractivity contribution in [2.24, 2.45) is 0 Å². The Kier molecular flexibility index (Phi) is 9.08. The number of hydrogen-bond donors (Lipinski definition) is 8.